The van der Waals surface area contributed by atoms with Crippen LogP contribution in [-0.4, -0.2) is 44.3 Å². The van der Waals surface area contributed by atoms with Gasteiger partial charge in [0.2, 0.25) is 5.62 Å². The van der Waals surface area contributed by atoms with E-state index in [-0.39, 0.29) is 23.9 Å². The Labute approximate surface area is 235 Å². The number of rotatable bonds is 8. The van der Waals surface area contributed by atoms with E-state index in [1.165, 1.54) is 0 Å². The van der Waals surface area contributed by atoms with E-state index in [9.17, 15) is 9.59 Å². The Morgan fingerprint density at radius 3 is 2.49 bits per heavy atom. The van der Waals surface area contributed by atoms with E-state index in [1.807, 2.05) is 49.4 Å². The zero-order valence-electron chi connectivity index (χ0n) is 21.6. The molecule has 198 valence electrons. The molecule has 0 spiro atoms. The van der Waals surface area contributed by atoms with Crippen LogP contribution in [0.2, 0.25) is 10.0 Å². The number of pyridine rings is 1. The molecular formula is C30H27Cl2N5O2. The van der Waals surface area contributed by atoms with E-state index in [0.717, 1.165) is 16.6 Å². The molecule has 0 atom stereocenters. The van der Waals surface area contributed by atoms with Crippen LogP contribution in [0.4, 0.5) is 0 Å². The Kier molecular flexibility index (Phi) is 7.55. The number of carbonyl (C=O) groups is 2. The lowest BCUT2D eigenvalue weighted by molar-refractivity contribution is 0.0793. The maximum Gasteiger partial charge on any atom is 0.254 e. The lowest BCUT2D eigenvalue weighted by atomic mass is 10.1. The van der Waals surface area contributed by atoms with Crippen molar-refractivity contribution < 1.29 is 9.59 Å². The van der Waals surface area contributed by atoms with Gasteiger partial charge in [-0.3, -0.25) is 20.0 Å². The van der Waals surface area contributed by atoms with Crippen LogP contribution >= 0.6 is 23.2 Å². The van der Waals surface area contributed by atoms with Gasteiger partial charge in [0.25, 0.3) is 5.91 Å². The summed E-state index contributed by atoms with van der Waals surface area (Å²) in [5.41, 5.74) is 4.29. The number of nitrogens with zero attached hydrogens (tertiary/aromatic N) is 4. The second kappa shape index (κ2) is 11.0. The molecule has 0 aliphatic carbocycles. The quantitative estimate of drug-likeness (QED) is 0.232. The van der Waals surface area contributed by atoms with E-state index in [0.29, 0.717) is 51.7 Å². The minimum atomic E-state index is -0.130. The van der Waals surface area contributed by atoms with Gasteiger partial charge in [0.15, 0.2) is 5.78 Å². The number of carbonyl (C=O) groups excluding carboxylic acids is 2. The first-order valence-electron chi connectivity index (χ1n) is 12.6. The highest BCUT2D eigenvalue weighted by Crippen LogP contribution is 2.24. The number of halogens is 2. The van der Waals surface area contributed by atoms with Crippen molar-refractivity contribution in [3.8, 4) is 0 Å². The van der Waals surface area contributed by atoms with Crippen LogP contribution in [0.5, 0.6) is 0 Å². The first-order valence-corrected chi connectivity index (χ1v) is 13.3. The second-order valence-corrected chi connectivity index (χ2v) is 10.4. The summed E-state index contributed by atoms with van der Waals surface area (Å²) < 4.78 is 3.47. The summed E-state index contributed by atoms with van der Waals surface area (Å²) in [4.78, 5) is 32.6. The van der Waals surface area contributed by atoms with Gasteiger partial charge in [-0.25, -0.2) is 0 Å². The zero-order valence-corrected chi connectivity index (χ0v) is 23.1. The maximum atomic E-state index is 13.4. The number of ketones is 1. The van der Waals surface area contributed by atoms with Crippen LogP contribution < -0.4 is 5.62 Å². The molecule has 9 heteroatoms. The van der Waals surface area contributed by atoms with Crippen LogP contribution in [0, 0.1) is 12.3 Å². The Morgan fingerprint density at radius 1 is 0.974 bits per heavy atom. The van der Waals surface area contributed by atoms with Crippen molar-refractivity contribution in [2.45, 2.75) is 26.4 Å². The molecule has 2 heterocycles. The standard InChI is InChI=1S/C30H27Cl2N5O2/c1-19-17-23(22-7-3-4-9-25(22)34-19)29(39)35(2)15-6-16-36-28-24(32)8-5-10-26(28)37(30(36)33)18-27(38)20-11-13-21(31)14-12-20/h3-5,7-14,17,33H,6,15-16,18H2,1-2H3. The van der Waals surface area contributed by atoms with Crippen molar-refractivity contribution in [2.24, 2.45) is 0 Å². The maximum absolute atomic E-state index is 13.4. The number of fused-ring (bicyclic) bond motifs is 2. The predicted molar refractivity (Wildman–Crippen MR) is 155 cm³/mol. The molecule has 0 saturated heterocycles. The largest absolute Gasteiger partial charge is 0.342 e. The van der Waals surface area contributed by atoms with Gasteiger partial charge in [0.05, 0.1) is 33.7 Å². The smallest absolute Gasteiger partial charge is 0.254 e. The molecule has 1 amide bonds. The van der Waals surface area contributed by atoms with Gasteiger partial charge in [-0.1, -0.05) is 47.5 Å². The zero-order chi connectivity index (χ0) is 27.7. The molecule has 0 saturated carbocycles. The molecule has 7 nitrogen and oxygen atoms in total. The summed E-state index contributed by atoms with van der Waals surface area (Å²) in [5.74, 6) is -0.212. The van der Waals surface area contributed by atoms with Gasteiger partial charge in [-0.15, -0.1) is 0 Å². The highest BCUT2D eigenvalue weighted by molar-refractivity contribution is 6.35. The molecular weight excluding hydrogens is 533 g/mol. The number of nitrogens with one attached hydrogen (secondary N) is 1. The molecule has 5 rings (SSSR count). The topological polar surface area (TPSA) is 84.0 Å². The van der Waals surface area contributed by atoms with E-state index in [2.05, 4.69) is 4.98 Å². The molecule has 0 fully saturated rings. The average molecular weight is 560 g/mol. The lowest BCUT2D eigenvalue weighted by Crippen LogP contribution is -2.31. The fourth-order valence-electron chi connectivity index (χ4n) is 4.86. The van der Waals surface area contributed by atoms with Gasteiger partial charge < -0.3 is 14.0 Å². The fourth-order valence-corrected chi connectivity index (χ4v) is 5.26. The third-order valence-corrected chi connectivity index (χ3v) is 7.36. The third-order valence-electron chi connectivity index (χ3n) is 6.80. The van der Waals surface area contributed by atoms with Crippen LogP contribution in [0.15, 0.2) is 72.8 Å². The molecule has 0 radical (unpaired) electrons. The first kappa shape index (κ1) is 26.7. The molecule has 0 unspecified atom stereocenters. The molecule has 2 aromatic heterocycles. The molecule has 5 aromatic rings. The number of aromatic nitrogens is 3. The third kappa shape index (κ3) is 5.33. The normalized spacial score (nSPS) is 11.3. The Bertz CT molecular complexity index is 1770. The number of amides is 1. The number of hydrogen-bond acceptors (Lipinski definition) is 4. The Hall–Kier alpha value is -3.94. The van der Waals surface area contributed by atoms with Crippen molar-refractivity contribution in [1.29, 1.82) is 5.41 Å². The number of hydrogen-bond donors (Lipinski definition) is 1. The molecule has 39 heavy (non-hydrogen) atoms. The van der Waals surface area contributed by atoms with E-state index in [4.69, 9.17) is 28.6 Å². The average Bonchev–Trinajstić information content (AvgIpc) is 3.19. The van der Waals surface area contributed by atoms with E-state index in [1.54, 1.807) is 51.4 Å². The SMILES string of the molecule is Cc1cc(C(=O)N(C)CCCn2c(=N)n(CC(=O)c3ccc(Cl)cc3)c3cccc(Cl)c32)c2ccccc2n1. The minimum Gasteiger partial charge on any atom is -0.342 e. The van der Waals surface area contributed by atoms with Gasteiger partial charge in [-0.05, 0) is 61.9 Å². The van der Waals surface area contributed by atoms with Crippen LogP contribution in [-0.2, 0) is 13.1 Å². The van der Waals surface area contributed by atoms with Crippen LogP contribution in [0.1, 0.15) is 32.8 Å². The fraction of sp³-hybridized carbons (Fsp3) is 0.200. The van der Waals surface area contributed by atoms with Crippen molar-refractivity contribution in [3.05, 3.63) is 105 Å². The molecule has 0 aliphatic rings. The van der Waals surface area contributed by atoms with Crippen LogP contribution in [0.3, 0.4) is 0 Å². The van der Waals surface area contributed by atoms with Crippen LogP contribution in [0.25, 0.3) is 21.9 Å². The summed E-state index contributed by atoms with van der Waals surface area (Å²) in [6.07, 6.45) is 0.594. The lowest BCUT2D eigenvalue weighted by Gasteiger charge is -2.19. The highest BCUT2D eigenvalue weighted by atomic mass is 35.5. The van der Waals surface area contributed by atoms with Gasteiger partial charge in [-0.2, -0.15) is 0 Å². The number of para-hydroxylation sites is 2. The summed E-state index contributed by atoms with van der Waals surface area (Å²) in [5, 5.41) is 10.8. The number of benzene rings is 3. The summed E-state index contributed by atoms with van der Waals surface area (Å²) in [7, 11) is 1.78. The summed E-state index contributed by atoms with van der Waals surface area (Å²) >= 11 is 12.5. The molecule has 0 aliphatic heterocycles. The van der Waals surface area contributed by atoms with Gasteiger partial charge in [0, 0.05) is 41.8 Å². The molecule has 1 N–H and O–H groups in total. The predicted octanol–water partition coefficient (Wildman–Crippen LogP) is 6.13. The van der Waals surface area contributed by atoms with Crippen molar-refractivity contribution in [1.82, 2.24) is 19.0 Å². The van der Waals surface area contributed by atoms with Gasteiger partial charge >= 0.3 is 0 Å². The summed E-state index contributed by atoms with van der Waals surface area (Å²) in [6.45, 7) is 2.81. The Morgan fingerprint density at radius 2 is 1.72 bits per heavy atom. The van der Waals surface area contributed by atoms with E-state index < -0.39 is 0 Å². The highest BCUT2D eigenvalue weighted by Gasteiger charge is 2.19. The minimum absolute atomic E-state index is 0.00281. The Balaban J connectivity index is 1.37. The van der Waals surface area contributed by atoms with E-state index >= 15 is 0 Å². The number of imidazole rings is 1. The van der Waals surface area contributed by atoms with Crippen molar-refractivity contribution in [2.75, 3.05) is 13.6 Å². The van der Waals surface area contributed by atoms with Crippen molar-refractivity contribution >= 4 is 56.8 Å². The molecule has 0 bridgehead atoms. The molecule has 3 aromatic carbocycles. The monoisotopic (exact) mass is 559 g/mol. The van der Waals surface area contributed by atoms with Crippen molar-refractivity contribution in [3.63, 3.8) is 0 Å². The summed E-state index contributed by atoms with van der Waals surface area (Å²) in [6, 6.07) is 21.6. The second-order valence-electron chi connectivity index (χ2n) is 9.51. The first-order chi connectivity index (χ1) is 18.7. The number of aryl methyl sites for hydroxylation is 2. The van der Waals surface area contributed by atoms with Gasteiger partial charge in [0.1, 0.15) is 0 Å². The number of Topliss-reactive ketones (excluding diaryl/α,β-unsaturated/α-hetero) is 1.